The molecule has 0 saturated heterocycles. The van der Waals surface area contributed by atoms with Crippen molar-refractivity contribution in [3.63, 3.8) is 0 Å². The van der Waals surface area contributed by atoms with Gasteiger partial charge in [-0.15, -0.1) is 11.3 Å². The molecule has 1 aromatic carbocycles. The second kappa shape index (κ2) is 9.02. The molecule has 0 radical (unpaired) electrons. The Morgan fingerprint density at radius 1 is 1.30 bits per heavy atom. The zero-order chi connectivity index (χ0) is 20.9. The zero-order valence-corrected chi connectivity index (χ0v) is 17.1. The van der Waals surface area contributed by atoms with Crippen LogP contribution in [0.2, 0.25) is 0 Å². The average Bonchev–Trinajstić information content (AvgIpc) is 3.27. The van der Waals surface area contributed by atoms with Gasteiger partial charge in [0.25, 0.3) is 5.91 Å². The van der Waals surface area contributed by atoms with Gasteiger partial charge in [-0.3, -0.25) is 19.5 Å². The fourth-order valence-corrected chi connectivity index (χ4v) is 3.84. The molecule has 1 aliphatic heterocycles. The third-order valence-electron chi connectivity index (χ3n) is 4.52. The lowest BCUT2D eigenvalue weighted by atomic mass is 10.1. The highest BCUT2D eigenvalue weighted by Crippen LogP contribution is 2.37. The molecular formula is C21H20N4O4S. The fourth-order valence-electron chi connectivity index (χ4n) is 3.04. The van der Waals surface area contributed by atoms with Gasteiger partial charge in [0.1, 0.15) is 17.3 Å². The highest BCUT2D eigenvalue weighted by atomic mass is 32.1. The quantitative estimate of drug-likeness (QED) is 0.585. The van der Waals surface area contributed by atoms with Crippen LogP contribution >= 0.6 is 11.3 Å². The van der Waals surface area contributed by atoms with Gasteiger partial charge < -0.3 is 14.8 Å². The van der Waals surface area contributed by atoms with E-state index in [1.54, 1.807) is 19.4 Å². The molecule has 0 fully saturated rings. The largest absolute Gasteiger partial charge is 0.482 e. The third-order valence-corrected chi connectivity index (χ3v) is 5.38. The summed E-state index contributed by atoms with van der Waals surface area (Å²) < 4.78 is 10.5. The summed E-state index contributed by atoms with van der Waals surface area (Å²) in [5.74, 6) is 0.0296. The predicted molar refractivity (Wildman–Crippen MR) is 114 cm³/mol. The van der Waals surface area contributed by atoms with E-state index in [2.05, 4.69) is 15.3 Å². The first-order chi connectivity index (χ1) is 14.7. The normalized spacial score (nSPS) is 13.0. The van der Waals surface area contributed by atoms with Gasteiger partial charge in [-0.2, -0.15) is 0 Å². The van der Waals surface area contributed by atoms with E-state index in [0.717, 1.165) is 22.0 Å². The molecule has 9 heteroatoms. The highest BCUT2D eigenvalue weighted by Gasteiger charge is 2.28. The van der Waals surface area contributed by atoms with Crippen LogP contribution in [0.25, 0.3) is 22.0 Å². The van der Waals surface area contributed by atoms with Crippen molar-refractivity contribution in [2.24, 2.45) is 0 Å². The third kappa shape index (κ3) is 4.32. The number of ether oxygens (including phenoxy) is 2. The van der Waals surface area contributed by atoms with E-state index in [1.807, 2.05) is 35.7 Å². The number of carbonyl (C=O) groups excluding carboxylic acids is 2. The lowest BCUT2D eigenvalue weighted by Gasteiger charge is -2.29. The number of thiazole rings is 1. The summed E-state index contributed by atoms with van der Waals surface area (Å²) in [6.45, 7) is 0.610. The van der Waals surface area contributed by atoms with Crippen LogP contribution in [-0.2, 0) is 14.3 Å². The van der Waals surface area contributed by atoms with Gasteiger partial charge in [-0.1, -0.05) is 6.07 Å². The van der Waals surface area contributed by atoms with Crippen LogP contribution in [-0.4, -0.2) is 55.2 Å². The number of pyridine rings is 1. The Labute approximate surface area is 177 Å². The van der Waals surface area contributed by atoms with Gasteiger partial charge in [-0.25, -0.2) is 4.98 Å². The Kier molecular flexibility index (Phi) is 6.01. The number of rotatable bonds is 7. The smallest absolute Gasteiger partial charge is 0.265 e. The number of anilines is 1. The summed E-state index contributed by atoms with van der Waals surface area (Å²) in [6.07, 6.45) is 1.73. The average molecular weight is 424 g/mol. The molecule has 1 N–H and O–H groups in total. The number of carbonyl (C=O) groups is 2. The number of benzene rings is 1. The van der Waals surface area contributed by atoms with Crippen molar-refractivity contribution < 1.29 is 19.1 Å². The van der Waals surface area contributed by atoms with Crippen LogP contribution in [0.3, 0.4) is 0 Å². The van der Waals surface area contributed by atoms with Crippen LogP contribution in [0.5, 0.6) is 5.75 Å². The molecule has 0 unspecified atom stereocenters. The van der Waals surface area contributed by atoms with E-state index in [1.165, 1.54) is 16.2 Å². The number of nitrogens with zero attached hydrogens (tertiary/aromatic N) is 3. The van der Waals surface area contributed by atoms with Gasteiger partial charge in [0.05, 0.1) is 23.7 Å². The predicted octanol–water partition coefficient (Wildman–Crippen LogP) is 2.36. The molecule has 2 amide bonds. The molecule has 0 aliphatic carbocycles. The van der Waals surface area contributed by atoms with Crippen LogP contribution in [0, 0.1) is 0 Å². The Bertz CT molecular complexity index is 1050. The van der Waals surface area contributed by atoms with Crippen molar-refractivity contribution in [3.8, 4) is 27.7 Å². The fraction of sp³-hybridized carbons (Fsp3) is 0.238. The zero-order valence-electron chi connectivity index (χ0n) is 16.3. The highest BCUT2D eigenvalue weighted by molar-refractivity contribution is 7.13. The molecule has 4 rings (SSSR count). The molecule has 154 valence electrons. The Hall–Kier alpha value is -3.30. The summed E-state index contributed by atoms with van der Waals surface area (Å²) in [5, 5.41) is 5.49. The molecule has 2 aromatic heterocycles. The topological polar surface area (TPSA) is 93.7 Å². The van der Waals surface area contributed by atoms with Crippen LogP contribution in [0.1, 0.15) is 0 Å². The van der Waals surface area contributed by atoms with Crippen molar-refractivity contribution in [3.05, 3.63) is 48.0 Å². The number of nitrogens with one attached hydrogen (secondary N) is 1. The van der Waals surface area contributed by atoms with Crippen LogP contribution < -0.4 is 15.0 Å². The number of aromatic nitrogens is 2. The molecule has 0 atom stereocenters. The lowest BCUT2D eigenvalue weighted by molar-refractivity contribution is -0.125. The first-order valence-electron chi connectivity index (χ1n) is 9.36. The van der Waals surface area contributed by atoms with Crippen LogP contribution in [0.4, 0.5) is 5.69 Å². The molecule has 3 heterocycles. The lowest BCUT2D eigenvalue weighted by Crippen LogP contribution is -2.45. The molecule has 0 spiro atoms. The van der Waals surface area contributed by atoms with Crippen molar-refractivity contribution in [2.75, 3.05) is 38.3 Å². The van der Waals surface area contributed by atoms with Gasteiger partial charge >= 0.3 is 0 Å². The number of hydrogen-bond donors (Lipinski definition) is 1. The van der Waals surface area contributed by atoms with Gasteiger partial charge in [-0.05, 0) is 30.3 Å². The van der Waals surface area contributed by atoms with Gasteiger partial charge in [0, 0.05) is 30.8 Å². The Morgan fingerprint density at radius 2 is 2.20 bits per heavy atom. The Morgan fingerprint density at radius 3 is 3.00 bits per heavy atom. The van der Waals surface area contributed by atoms with Crippen molar-refractivity contribution in [2.45, 2.75) is 0 Å². The molecule has 0 saturated carbocycles. The van der Waals surface area contributed by atoms with Gasteiger partial charge in [0.15, 0.2) is 6.61 Å². The number of fused-ring (bicyclic) bond motifs is 1. The minimum absolute atomic E-state index is 0.0847. The van der Waals surface area contributed by atoms with E-state index in [0.29, 0.717) is 24.6 Å². The van der Waals surface area contributed by atoms with Crippen LogP contribution in [0.15, 0.2) is 48.0 Å². The maximum atomic E-state index is 12.4. The Balaban J connectivity index is 1.58. The standard InChI is InChI=1S/C21H20N4O4S/c1-28-9-8-23-19(26)11-25-17-10-14(5-6-18(17)29-12-20(25)27)16-13-30-21(24-16)15-4-2-3-7-22-15/h2-7,10,13H,8-9,11-12H2,1H3,(H,23,26). The summed E-state index contributed by atoms with van der Waals surface area (Å²) >= 11 is 1.50. The molecule has 8 nitrogen and oxygen atoms in total. The number of hydrogen-bond acceptors (Lipinski definition) is 7. The molecule has 0 bridgehead atoms. The minimum Gasteiger partial charge on any atom is -0.482 e. The second-order valence-corrected chi connectivity index (χ2v) is 7.40. The SMILES string of the molecule is COCCNC(=O)CN1C(=O)COc2ccc(-c3csc(-c4ccccn4)n3)cc21. The van der Waals surface area contributed by atoms with Crippen molar-refractivity contribution >= 4 is 28.8 Å². The number of amides is 2. The molecule has 3 aromatic rings. The monoisotopic (exact) mass is 424 g/mol. The van der Waals surface area contributed by atoms with Crippen molar-refractivity contribution in [1.29, 1.82) is 0 Å². The summed E-state index contributed by atoms with van der Waals surface area (Å²) in [7, 11) is 1.56. The molecule has 30 heavy (non-hydrogen) atoms. The second-order valence-electron chi connectivity index (χ2n) is 6.55. The van der Waals surface area contributed by atoms with E-state index < -0.39 is 0 Å². The van der Waals surface area contributed by atoms with E-state index in [9.17, 15) is 9.59 Å². The minimum atomic E-state index is -0.269. The first kappa shape index (κ1) is 20.0. The van der Waals surface area contributed by atoms with E-state index in [-0.39, 0.29) is 25.0 Å². The maximum Gasteiger partial charge on any atom is 0.265 e. The summed E-state index contributed by atoms with van der Waals surface area (Å²) in [4.78, 5) is 35.1. The van der Waals surface area contributed by atoms with E-state index >= 15 is 0 Å². The molecule has 1 aliphatic rings. The first-order valence-corrected chi connectivity index (χ1v) is 10.2. The van der Waals surface area contributed by atoms with Gasteiger partial charge in [0.2, 0.25) is 5.91 Å². The molecular weight excluding hydrogens is 404 g/mol. The van der Waals surface area contributed by atoms with Crippen molar-refractivity contribution in [1.82, 2.24) is 15.3 Å². The van der Waals surface area contributed by atoms with E-state index in [4.69, 9.17) is 9.47 Å². The maximum absolute atomic E-state index is 12.4. The number of methoxy groups -OCH3 is 1. The summed E-state index contributed by atoms with van der Waals surface area (Å²) in [5.41, 5.74) is 2.96. The summed E-state index contributed by atoms with van der Waals surface area (Å²) in [6, 6.07) is 11.2.